The molecule has 140 valence electrons. The Kier molecular flexibility index (Phi) is 4.97. The first-order valence-electron chi connectivity index (χ1n) is 7.56. The zero-order valence-electron chi connectivity index (χ0n) is 14.6. The van der Waals surface area contributed by atoms with Crippen LogP contribution in [-0.2, 0) is 10.0 Å². The molecule has 3 rings (SSSR count). The Hall–Kier alpha value is -2.80. The van der Waals surface area contributed by atoms with Crippen LogP contribution in [0.5, 0.6) is 11.8 Å². The molecular weight excluding hydrogens is 392 g/mol. The summed E-state index contributed by atoms with van der Waals surface area (Å²) in [6.45, 7) is 1.66. The van der Waals surface area contributed by atoms with Gasteiger partial charge in [-0.15, -0.1) is 5.92 Å². The molecule has 0 aliphatic rings. The minimum atomic E-state index is -3.98. The molecule has 0 aliphatic carbocycles. The van der Waals surface area contributed by atoms with Gasteiger partial charge in [-0.25, -0.2) is 13.6 Å². The predicted octanol–water partition coefficient (Wildman–Crippen LogP) is 2.11. The molecule has 10 heteroatoms. The zero-order chi connectivity index (χ0) is 19.8. The van der Waals surface area contributed by atoms with Crippen molar-refractivity contribution in [3.8, 4) is 29.5 Å². The number of fused-ring (bicyclic) bond motifs is 1. The van der Waals surface area contributed by atoms with E-state index < -0.39 is 10.0 Å². The van der Waals surface area contributed by atoms with Crippen LogP contribution >= 0.6 is 11.6 Å². The highest BCUT2D eigenvalue weighted by Gasteiger charge is 2.22. The first-order valence-corrected chi connectivity index (χ1v) is 9.49. The first kappa shape index (κ1) is 19.0. The topological polar surface area (TPSA) is 109 Å². The van der Waals surface area contributed by atoms with Crippen molar-refractivity contribution in [1.29, 1.82) is 0 Å². The summed E-state index contributed by atoms with van der Waals surface area (Å²) in [7, 11) is -1.11. The summed E-state index contributed by atoms with van der Waals surface area (Å²) >= 11 is 6.08. The van der Waals surface area contributed by atoms with Crippen LogP contribution in [-0.4, -0.2) is 37.2 Å². The second-order valence-electron chi connectivity index (χ2n) is 5.36. The summed E-state index contributed by atoms with van der Waals surface area (Å²) in [5.41, 5.74) is 0.845. The van der Waals surface area contributed by atoms with E-state index in [9.17, 15) is 8.42 Å². The fraction of sp³-hybridized carbons (Fsp3) is 0.176. The molecule has 0 unspecified atom stereocenters. The van der Waals surface area contributed by atoms with E-state index in [1.165, 1.54) is 25.0 Å². The molecular formula is C17H15ClN4O4S. The van der Waals surface area contributed by atoms with Gasteiger partial charge in [0.2, 0.25) is 27.7 Å². The van der Waals surface area contributed by atoms with E-state index in [2.05, 4.69) is 21.8 Å². The van der Waals surface area contributed by atoms with E-state index in [0.717, 1.165) is 0 Å². The Morgan fingerprint density at radius 1 is 1.19 bits per heavy atom. The van der Waals surface area contributed by atoms with Crippen LogP contribution in [0.2, 0.25) is 5.02 Å². The molecule has 2 heterocycles. The minimum absolute atomic E-state index is 0.0758. The average Bonchev–Trinajstić information content (AvgIpc) is 3.01. The van der Waals surface area contributed by atoms with Crippen molar-refractivity contribution in [2.24, 2.45) is 5.14 Å². The molecule has 2 N–H and O–H groups in total. The molecule has 0 radical (unpaired) electrons. The third-order valence-corrected chi connectivity index (χ3v) is 4.89. The van der Waals surface area contributed by atoms with Gasteiger partial charge in [0.15, 0.2) is 0 Å². The molecule has 0 amide bonds. The van der Waals surface area contributed by atoms with Crippen molar-refractivity contribution >= 4 is 32.5 Å². The highest BCUT2D eigenvalue weighted by Crippen LogP contribution is 2.31. The fourth-order valence-electron chi connectivity index (χ4n) is 2.61. The Labute approximate surface area is 160 Å². The molecule has 1 aromatic carbocycles. The van der Waals surface area contributed by atoms with Gasteiger partial charge >= 0.3 is 0 Å². The number of benzene rings is 1. The maximum Gasteiger partial charge on any atom is 0.240 e. The van der Waals surface area contributed by atoms with Crippen molar-refractivity contribution in [1.82, 2.24) is 14.5 Å². The van der Waals surface area contributed by atoms with Crippen molar-refractivity contribution in [3.05, 3.63) is 35.0 Å². The number of sulfonamides is 1. The van der Waals surface area contributed by atoms with Crippen LogP contribution in [0.25, 0.3) is 16.9 Å². The second kappa shape index (κ2) is 7.08. The number of nitrogens with two attached hydrogens (primary N) is 1. The predicted molar refractivity (Wildman–Crippen MR) is 101 cm³/mol. The summed E-state index contributed by atoms with van der Waals surface area (Å²) < 4.78 is 36.0. The van der Waals surface area contributed by atoms with E-state index >= 15 is 0 Å². The first-order chi connectivity index (χ1) is 12.8. The van der Waals surface area contributed by atoms with E-state index in [-0.39, 0.29) is 22.6 Å². The van der Waals surface area contributed by atoms with Crippen LogP contribution in [0, 0.1) is 11.8 Å². The fourth-order valence-corrected chi connectivity index (χ4v) is 3.50. The van der Waals surface area contributed by atoms with Crippen molar-refractivity contribution in [2.45, 2.75) is 11.8 Å². The van der Waals surface area contributed by atoms with Crippen molar-refractivity contribution < 1.29 is 17.9 Å². The van der Waals surface area contributed by atoms with E-state index in [1.807, 2.05) is 0 Å². The van der Waals surface area contributed by atoms with E-state index in [4.69, 9.17) is 26.2 Å². The number of ether oxygens (including phenoxy) is 2. The SMILES string of the molecule is CC#Cc1c(OC)nc(-n2cc(S(N)(=O)=O)c3ccc(Cl)cc32)nc1OC. The number of methoxy groups -OCH3 is 2. The van der Waals surface area contributed by atoms with Gasteiger partial charge in [-0.2, -0.15) is 9.97 Å². The molecule has 0 spiro atoms. The Balaban J connectivity index is 2.39. The summed E-state index contributed by atoms with van der Waals surface area (Å²) in [4.78, 5) is 8.59. The summed E-state index contributed by atoms with van der Waals surface area (Å²) in [6.07, 6.45) is 1.33. The van der Waals surface area contributed by atoms with Gasteiger partial charge in [-0.3, -0.25) is 4.57 Å². The molecule has 8 nitrogen and oxygen atoms in total. The Morgan fingerprint density at radius 3 is 2.33 bits per heavy atom. The molecule has 0 atom stereocenters. The molecule has 0 saturated carbocycles. The highest BCUT2D eigenvalue weighted by molar-refractivity contribution is 7.89. The van der Waals surface area contributed by atoms with Gasteiger partial charge in [0.1, 0.15) is 10.5 Å². The molecule has 0 saturated heterocycles. The van der Waals surface area contributed by atoms with Gasteiger partial charge in [-0.05, 0) is 25.1 Å². The molecule has 0 fully saturated rings. The number of hydrogen-bond acceptors (Lipinski definition) is 6. The van der Waals surface area contributed by atoms with Crippen LogP contribution in [0.3, 0.4) is 0 Å². The number of nitrogens with zero attached hydrogens (tertiary/aromatic N) is 3. The molecule has 0 aliphatic heterocycles. The lowest BCUT2D eigenvalue weighted by Gasteiger charge is -2.11. The lowest BCUT2D eigenvalue weighted by atomic mass is 10.2. The quantitative estimate of drug-likeness (QED) is 0.664. The van der Waals surface area contributed by atoms with Crippen LogP contribution in [0.4, 0.5) is 0 Å². The zero-order valence-corrected chi connectivity index (χ0v) is 16.2. The lowest BCUT2D eigenvalue weighted by Crippen LogP contribution is -2.11. The second-order valence-corrected chi connectivity index (χ2v) is 7.33. The monoisotopic (exact) mass is 406 g/mol. The molecule has 0 bridgehead atoms. The van der Waals surface area contributed by atoms with Gasteiger partial charge in [-0.1, -0.05) is 17.5 Å². The number of primary sulfonamides is 1. The third-order valence-electron chi connectivity index (χ3n) is 3.72. The van der Waals surface area contributed by atoms with E-state index in [1.54, 1.807) is 25.1 Å². The van der Waals surface area contributed by atoms with Crippen LogP contribution in [0.15, 0.2) is 29.3 Å². The Bertz CT molecular complexity index is 1180. The largest absolute Gasteiger partial charge is 0.480 e. The maximum absolute atomic E-state index is 12.0. The minimum Gasteiger partial charge on any atom is -0.480 e. The summed E-state index contributed by atoms with van der Waals surface area (Å²) in [5, 5.41) is 6.15. The number of halogens is 1. The third kappa shape index (κ3) is 3.42. The van der Waals surface area contributed by atoms with Gasteiger partial charge in [0.25, 0.3) is 0 Å². The highest BCUT2D eigenvalue weighted by atomic mass is 35.5. The van der Waals surface area contributed by atoms with Gasteiger partial charge in [0.05, 0.1) is 19.7 Å². The van der Waals surface area contributed by atoms with Crippen molar-refractivity contribution in [3.63, 3.8) is 0 Å². The van der Waals surface area contributed by atoms with Crippen molar-refractivity contribution in [2.75, 3.05) is 14.2 Å². The van der Waals surface area contributed by atoms with Crippen LogP contribution < -0.4 is 14.6 Å². The maximum atomic E-state index is 12.0. The van der Waals surface area contributed by atoms with Gasteiger partial charge < -0.3 is 9.47 Å². The Morgan fingerprint density at radius 2 is 1.81 bits per heavy atom. The lowest BCUT2D eigenvalue weighted by molar-refractivity contribution is 0.368. The molecule has 27 heavy (non-hydrogen) atoms. The number of hydrogen-bond donors (Lipinski definition) is 1. The van der Waals surface area contributed by atoms with Crippen LogP contribution in [0.1, 0.15) is 12.5 Å². The molecule has 3 aromatic rings. The van der Waals surface area contributed by atoms with E-state index in [0.29, 0.717) is 21.5 Å². The summed E-state index contributed by atoms with van der Waals surface area (Å²) in [6, 6.07) is 4.73. The summed E-state index contributed by atoms with van der Waals surface area (Å²) in [5.74, 6) is 6.07. The normalized spacial score (nSPS) is 11.1. The number of aromatic nitrogens is 3. The smallest absolute Gasteiger partial charge is 0.240 e. The standard InChI is InChI=1S/C17H15ClN4O4S/c1-4-5-12-15(25-2)20-17(21-16(12)26-3)22-9-14(27(19,23)24)11-7-6-10(18)8-13(11)22/h6-9H,1-3H3,(H2,19,23,24). The van der Waals surface area contributed by atoms with Gasteiger partial charge in [0, 0.05) is 16.6 Å². The number of rotatable bonds is 4. The molecule has 2 aromatic heterocycles. The average molecular weight is 407 g/mol.